The van der Waals surface area contributed by atoms with Crippen LogP contribution in [0.15, 0.2) is 23.6 Å². The third-order valence-electron chi connectivity index (χ3n) is 2.08. The molecule has 1 N–H and O–H groups in total. The first-order chi connectivity index (χ1) is 7.89. The topological polar surface area (TPSA) is 36.7 Å². The van der Waals surface area contributed by atoms with E-state index in [9.17, 15) is 17.6 Å². The molecule has 0 aliphatic heterocycles. The Morgan fingerprint density at radius 3 is 2.47 bits per heavy atom. The fourth-order valence-corrected chi connectivity index (χ4v) is 1.90. The van der Waals surface area contributed by atoms with Crippen molar-refractivity contribution in [3.05, 3.63) is 40.7 Å². The maximum Gasteiger partial charge on any atom is 0.419 e. The molecule has 17 heavy (non-hydrogen) atoms. The number of hydrogen-bond donors (Lipinski definition) is 0. The quantitative estimate of drug-likeness (QED) is 0.688. The molecule has 0 aliphatic carbocycles. The van der Waals surface area contributed by atoms with E-state index in [4.69, 9.17) is 5.73 Å². The summed E-state index contributed by atoms with van der Waals surface area (Å²) in [6, 6.07) is 3.00. The minimum atomic E-state index is -4.74. The van der Waals surface area contributed by atoms with Gasteiger partial charge in [-0.15, -0.1) is 0 Å². The molecule has 0 saturated carbocycles. The summed E-state index contributed by atoms with van der Waals surface area (Å²) in [6.45, 7) is 0. The molecule has 0 unspecified atom stereocenters. The highest BCUT2D eigenvalue weighted by molar-refractivity contribution is 7.14. The molecular formula is C10H5F4N2S-. The third-order valence-corrected chi connectivity index (χ3v) is 2.74. The zero-order valence-electron chi connectivity index (χ0n) is 8.18. The smallest absolute Gasteiger partial charge is 0.419 e. The van der Waals surface area contributed by atoms with Gasteiger partial charge in [0.1, 0.15) is 5.82 Å². The highest BCUT2D eigenvalue weighted by Gasteiger charge is 2.34. The number of hydrogen-bond acceptors (Lipinski definition) is 2. The zero-order chi connectivity index (χ0) is 12.6. The molecule has 7 heteroatoms. The van der Waals surface area contributed by atoms with Crippen molar-refractivity contribution in [1.82, 2.24) is 4.98 Å². The normalized spacial score (nSPS) is 11.8. The number of rotatable bonds is 1. The van der Waals surface area contributed by atoms with E-state index in [0.717, 1.165) is 17.4 Å². The van der Waals surface area contributed by atoms with Gasteiger partial charge in [-0.1, -0.05) is 12.1 Å². The van der Waals surface area contributed by atoms with Gasteiger partial charge < -0.3 is 10.7 Å². The van der Waals surface area contributed by atoms with Gasteiger partial charge in [0.05, 0.1) is 5.56 Å². The number of alkyl halides is 3. The molecule has 0 amide bonds. The highest BCUT2D eigenvalue weighted by Crippen LogP contribution is 2.36. The van der Waals surface area contributed by atoms with Crippen LogP contribution >= 0.6 is 11.3 Å². The number of nitrogens with zero attached hydrogens (tertiary/aromatic N) is 1. The van der Waals surface area contributed by atoms with Crippen molar-refractivity contribution in [2.24, 2.45) is 0 Å². The predicted octanol–water partition coefficient (Wildman–Crippen LogP) is 4.65. The first kappa shape index (κ1) is 11.8. The summed E-state index contributed by atoms with van der Waals surface area (Å²) in [5, 5.41) is 1.28. The van der Waals surface area contributed by atoms with Gasteiger partial charge in [-0.2, -0.15) is 24.5 Å². The Balaban J connectivity index is 2.57. The monoisotopic (exact) mass is 261 g/mol. The van der Waals surface area contributed by atoms with Gasteiger partial charge in [-0.25, -0.2) is 4.39 Å². The molecule has 0 bridgehead atoms. The SMILES string of the molecule is [NH-]c1nc(-c2cccc(C(F)(F)F)c2F)cs1. The summed E-state index contributed by atoms with van der Waals surface area (Å²) in [7, 11) is 0. The lowest BCUT2D eigenvalue weighted by molar-refractivity contribution is -0.139. The Morgan fingerprint density at radius 2 is 1.94 bits per heavy atom. The number of thiazole rings is 1. The van der Waals surface area contributed by atoms with Gasteiger partial charge in [0.2, 0.25) is 0 Å². The molecule has 2 rings (SSSR count). The lowest BCUT2D eigenvalue weighted by atomic mass is 10.1. The van der Waals surface area contributed by atoms with Crippen LogP contribution in [0.3, 0.4) is 0 Å². The molecule has 90 valence electrons. The van der Waals surface area contributed by atoms with Crippen LogP contribution in [0.5, 0.6) is 0 Å². The van der Waals surface area contributed by atoms with Crippen molar-refractivity contribution < 1.29 is 17.6 Å². The van der Waals surface area contributed by atoms with Crippen molar-refractivity contribution in [1.29, 1.82) is 0 Å². The molecule has 0 radical (unpaired) electrons. The van der Waals surface area contributed by atoms with Crippen LogP contribution in [-0.2, 0) is 6.18 Å². The summed E-state index contributed by atoms with van der Waals surface area (Å²) < 4.78 is 51.0. The predicted molar refractivity (Wildman–Crippen MR) is 56.5 cm³/mol. The fourth-order valence-electron chi connectivity index (χ4n) is 1.35. The standard InChI is InChI=1S/C10H5F4N2S/c11-8-5(7-4-17-9(15)16-7)2-1-3-6(8)10(12,13)14/h1-4H,(H-,15,16)/q-1. The Kier molecular flexibility index (Phi) is 2.78. The molecule has 1 heterocycles. The van der Waals surface area contributed by atoms with E-state index in [1.807, 2.05) is 0 Å². The van der Waals surface area contributed by atoms with E-state index in [2.05, 4.69) is 4.98 Å². The van der Waals surface area contributed by atoms with Gasteiger partial charge in [0.15, 0.2) is 0 Å². The zero-order valence-corrected chi connectivity index (χ0v) is 8.99. The fraction of sp³-hybridized carbons (Fsp3) is 0.100. The molecule has 0 aliphatic rings. The van der Waals surface area contributed by atoms with E-state index in [1.165, 1.54) is 11.4 Å². The van der Waals surface area contributed by atoms with E-state index in [1.54, 1.807) is 0 Å². The van der Waals surface area contributed by atoms with E-state index >= 15 is 0 Å². The second-order valence-corrected chi connectivity index (χ2v) is 4.06. The van der Waals surface area contributed by atoms with Crippen LogP contribution < -0.4 is 0 Å². The second kappa shape index (κ2) is 3.99. The molecular weight excluding hydrogens is 256 g/mol. The minimum absolute atomic E-state index is 0.0450. The molecule has 2 aromatic rings. The first-order valence-corrected chi connectivity index (χ1v) is 5.31. The molecule has 2 nitrogen and oxygen atoms in total. The van der Waals surface area contributed by atoms with Crippen LogP contribution in [-0.4, -0.2) is 4.98 Å². The number of benzene rings is 1. The van der Waals surface area contributed by atoms with Crippen molar-refractivity contribution in [3.8, 4) is 11.3 Å². The maximum absolute atomic E-state index is 13.6. The van der Waals surface area contributed by atoms with E-state index in [0.29, 0.717) is 6.07 Å². The number of halogens is 4. The summed E-state index contributed by atoms with van der Waals surface area (Å²) in [5.41, 5.74) is 5.65. The van der Waals surface area contributed by atoms with E-state index in [-0.39, 0.29) is 16.4 Å². The summed E-state index contributed by atoms with van der Waals surface area (Å²) in [5.74, 6) is -1.36. The first-order valence-electron chi connectivity index (χ1n) is 4.43. The average molecular weight is 261 g/mol. The van der Waals surface area contributed by atoms with Crippen LogP contribution in [0.1, 0.15) is 5.56 Å². The lowest BCUT2D eigenvalue weighted by Gasteiger charge is -2.11. The second-order valence-electron chi connectivity index (χ2n) is 3.20. The summed E-state index contributed by atoms with van der Waals surface area (Å²) in [4.78, 5) is 3.64. The molecule has 1 aromatic carbocycles. The van der Waals surface area contributed by atoms with Crippen molar-refractivity contribution >= 4 is 16.5 Å². The van der Waals surface area contributed by atoms with Gasteiger partial charge in [0.25, 0.3) is 0 Å². The highest BCUT2D eigenvalue weighted by atomic mass is 32.1. The Morgan fingerprint density at radius 1 is 1.24 bits per heavy atom. The molecule has 0 fully saturated rings. The maximum atomic E-state index is 13.6. The van der Waals surface area contributed by atoms with Crippen molar-refractivity contribution in [3.63, 3.8) is 0 Å². The Labute approximate surface area is 97.7 Å². The van der Waals surface area contributed by atoms with Crippen LogP contribution in [0.4, 0.5) is 22.7 Å². The van der Waals surface area contributed by atoms with Crippen molar-refractivity contribution in [2.75, 3.05) is 0 Å². The molecule has 0 spiro atoms. The summed E-state index contributed by atoms with van der Waals surface area (Å²) in [6.07, 6.45) is -4.74. The number of nitrogens with one attached hydrogen (secondary N) is 1. The van der Waals surface area contributed by atoms with Crippen LogP contribution in [0.25, 0.3) is 17.0 Å². The van der Waals surface area contributed by atoms with Crippen LogP contribution in [0, 0.1) is 5.82 Å². The third kappa shape index (κ3) is 2.23. The average Bonchev–Trinajstić information content (AvgIpc) is 2.63. The Bertz CT molecular complexity index is 547. The Hall–Kier alpha value is -1.63. The minimum Gasteiger partial charge on any atom is -0.473 e. The van der Waals surface area contributed by atoms with Gasteiger partial charge in [-0.3, -0.25) is 0 Å². The summed E-state index contributed by atoms with van der Waals surface area (Å²) >= 11 is 0.929. The lowest BCUT2D eigenvalue weighted by Crippen LogP contribution is -2.08. The van der Waals surface area contributed by atoms with Gasteiger partial charge >= 0.3 is 6.18 Å². The van der Waals surface area contributed by atoms with Crippen LogP contribution in [0.2, 0.25) is 0 Å². The molecule has 0 saturated heterocycles. The van der Waals surface area contributed by atoms with Gasteiger partial charge in [-0.05, 0) is 22.3 Å². The largest absolute Gasteiger partial charge is 0.473 e. The molecule has 1 aromatic heterocycles. The molecule has 0 atom stereocenters. The number of aromatic nitrogens is 1. The van der Waals surface area contributed by atoms with Gasteiger partial charge in [0, 0.05) is 5.56 Å². The van der Waals surface area contributed by atoms with E-state index < -0.39 is 17.6 Å². The van der Waals surface area contributed by atoms with Crippen molar-refractivity contribution in [2.45, 2.75) is 6.18 Å².